The number of ether oxygens (including phenoxy) is 2. The summed E-state index contributed by atoms with van der Waals surface area (Å²) < 4.78 is 51.3. The maximum Gasteiger partial charge on any atom is 0.421 e. The molecule has 0 fully saturated rings. The molecule has 0 bridgehead atoms. The van der Waals surface area contributed by atoms with Crippen molar-refractivity contribution in [3.8, 4) is 11.8 Å². The lowest BCUT2D eigenvalue weighted by molar-refractivity contribution is -0.137. The van der Waals surface area contributed by atoms with E-state index in [-0.39, 0.29) is 17.7 Å². The van der Waals surface area contributed by atoms with Crippen molar-refractivity contribution in [1.29, 1.82) is 0 Å². The maximum absolute atomic E-state index is 13.4. The molecule has 0 aliphatic carbocycles. The average Bonchev–Trinajstić information content (AvgIpc) is 2.63. The molecule has 0 radical (unpaired) electrons. The van der Waals surface area contributed by atoms with Gasteiger partial charge in [-0.15, -0.1) is 0 Å². The van der Waals surface area contributed by atoms with Crippen molar-refractivity contribution < 1.29 is 22.6 Å². The summed E-state index contributed by atoms with van der Waals surface area (Å²) in [6, 6.07) is 6.76. The Bertz CT molecular complexity index is 751. The molecule has 1 aromatic heterocycles. The molecule has 8 heteroatoms. The summed E-state index contributed by atoms with van der Waals surface area (Å²) >= 11 is 0. The number of hydrogen-bond donors (Lipinski definition) is 0. The zero-order chi connectivity index (χ0) is 20.0. The van der Waals surface area contributed by atoms with Crippen molar-refractivity contribution in [2.24, 2.45) is 5.92 Å². The van der Waals surface area contributed by atoms with Crippen molar-refractivity contribution in [3.05, 3.63) is 36.0 Å². The van der Waals surface area contributed by atoms with Crippen LogP contribution in [0.4, 0.5) is 24.7 Å². The first-order valence-electron chi connectivity index (χ1n) is 8.76. The summed E-state index contributed by atoms with van der Waals surface area (Å²) in [7, 11) is 1.52. The van der Waals surface area contributed by atoms with Crippen LogP contribution in [0.1, 0.15) is 32.8 Å². The number of halogens is 3. The number of rotatable bonds is 8. The molecule has 5 nitrogen and oxygen atoms in total. The second-order valence-corrected chi connectivity index (χ2v) is 6.50. The Morgan fingerprint density at radius 2 is 1.93 bits per heavy atom. The van der Waals surface area contributed by atoms with Crippen LogP contribution in [0, 0.1) is 5.92 Å². The van der Waals surface area contributed by atoms with E-state index >= 15 is 0 Å². The van der Waals surface area contributed by atoms with E-state index in [4.69, 9.17) is 9.47 Å². The largest absolute Gasteiger partial charge is 0.494 e. The molecule has 0 unspecified atom stereocenters. The van der Waals surface area contributed by atoms with Gasteiger partial charge in [0.1, 0.15) is 11.3 Å². The van der Waals surface area contributed by atoms with Gasteiger partial charge in [-0.1, -0.05) is 26.8 Å². The molecule has 27 heavy (non-hydrogen) atoms. The third kappa shape index (κ3) is 5.74. The number of hydrogen-bond acceptors (Lipinski definition) is 5. The molecule has 0 spiro atoms. The Hall–Kier alpha value is -2.51. The quantitative estimate of drug-likeness (QED) is 0.636. The second-order valence-electron chi connectivity index (χ2n) is 6.50. The van der Waals surface area contributed by atoms with Gasteiger partial charge >= 0.3 is 12.2 Å². The van der Waals surface area contributed by atoms with Crippen molar-refractivity contribution in [2.75, 3.05) is 25.2 Å². The first kappa shape index (κ1) is 20.8. The zero-order valence-corrected chi connectivity index (χ0v) is 15.9. The third-order valence-electron chi connectivity index (χ3n) is 3.59. The van der Waals surface area contributed by atoms with Crippen LogP contribution >= 0.6 is 0 Å². The van der Waals surface area contributed by atoms with E-state index in [0.717, 1.165) is 12.6 Å². The lowest BCUT2D eigenvalue weighted by Crippen LogP contribution is -2.20. The van der Waals surface area contributed by atoms with Crippen LogP contribution in [0.25, 0.3) is 0 Å². The number of alkyl halides is 3. The summed E-state index contributed by atoms with van der Waals surface area (Å²) in [5.41, 5.74) is -0.413. The van der Waals surface area contributed by atoms with Crippen LogP contribution in [0.5, 0.6) is 11.8 Å². The minimum atomic E-state index is -4.59. The van der Waals surface area contributed by atoms with Gasteiger partial charge in [-0.2, -0.15) is 18.2 Å². The number of benzene rings is 1. The molecule has 0 saturated heterocycles. The molecule has 2 rings (SSSR count). The van der Waals surface area contributed by atoms with E-state index in [1.54, 1.807) is 24.3 Å². The Balaban J connectivity index is 2.39. The molecule has 0 saturated carbocycles. The number of aromatic nitrogens is 2. The zero-order valence-electron chi connectivity index (χ0n) is 15.9. The highest BCUT2D eigenvalue weighted by Gasteiger charge is 2.36. The van der Waals surface area contributed by atoms with Gasteiger partial charge in [-0.3, -0.25) is 0 Å². The molecule has 1 aromatic carbocycles. The average molecular weight is 383 g/mol. The Labute approximate surface area is 157 Å². The van der Waals surface area contributed by atoms with Crippen LogP contribution in [-0.2, 0) is 6.18 Å². The first-order chi connectivity index (χ1) is 12.7. The molecule has 1 heterocycles. The smallest absolute Gasteiger partial charge is 0.421 e. The van der Waals surface area contributed by atoms with Gasteiger partial charge in [0.25, 0.3) is 0 Å². The normalized spacial score (nSPS) is 11.6. The summed E-state index contributed by atoms with van der Waals surface area (Å²) in [6.07, 6.45) is -3.00. The van der Waals surface area contributed by atoms with Gasteiger partial charge in [0.15, 0.2) is 5.82 Å². The van der Waals surface area contributed by atoms with Crippen molar-refractivity contribution in [2.45, 2.75) is 33.4 Å². The van der Waals surface area contributed by atoms with Crippen molar-refractivity contribution >= 4 is 11.5 Å². The van der Waals surface area contributed by atoms with E-state index < -0.39 is 11.7 Å². The summed E-state index contributed by atoms with van der Waals surface area (Å²) in [6.45, 7) is 6.68. The van der Waals surface area contributed by atoms with Gasteiger partial charge in [0.2, 0.25) is 0 Å². The van der Waals surface area contributed by atoms with Crippen LogP contribution in [0.2, 0.25) is 0 Å². The molecular formula is C19H24F3N3O2. The van der Waals surface area contributed by atoms with Gasteiger partial charge in [0, 0.05) is 25.0 Å². The van der Waals surface area contributed by atoms with Gasteiger partial charge in [0.05, 0.1) is 13.2 Å². The van der Waals surface area contributed by atoms with E-state index in [1.165, 1.54) is 11.9 Å². The Morgan fingerprint density at radius 1 is 1.19 bits per heavy atom. The molecule has 0 N–H and O–H groups in total. The van der Waals surface area contributed by atoms with Gasteiger partial charge in [-0.05, 0) is 24.5 Å². The third-order valence-corrected chi connectivity index (χ3v) is 3.59. The molecule has 148 valence electrons. The number of anilines is 2. The van der Waals surface area contributed by atoms with Crippen molar-refractivity contribution in [1.82, 2.24) is 9.97 Å². The molecular weight excluding hydrogens is 359 g/mol. The molecule has 2 aromatic rings. The van der Waals surface area contributed by atoms with Crippen LogP contribution in [0.3, 0.4) is 0 Å². The lowest BCUT2D eigenvalue weighted by atomic mass is 10.2. The summed E-state index contributed by atoms with van der Waals surface area (Å²) in [5.74, 6) is 0.508. The first-order valence-corrected chi connectivity index (χ1v) is 8.76. The highest BCUT2D eigenvalue weighted by molar-refractivity contribution is 5.64. The highest BCUT2D eigenvalue weighted by atomic mass is 19.4. The lowest BCUT2D eigenvalue weighted by Gasteiger charge is -2.23. The summed E-state index contributed by atoms with van der Waals surface area (Å²) in [4.78, 5) is 9.07. The van der Waals surface area contributed by atoms with Gasteiger partial charge < -0.3 is 14.4 Å². The topological polar surface area (TPSA) is 47.5 Å². The van der Waals surface area contributed by atoms with Crippen LogP contribution in [-0.4, -0.2) is 30.2 Å². The monoisotopic (exact) mass is 383 g/mol. The van der Waals surface area contributed by atoms with E-state index in [9.17, 15) is 13.2 Å². The fourth-order valence-corrected chi connectivity index (χ4v) is 2.25. The predicted octanol–water partition coefficient (Wildman–Crippen LogP) is 5.09. The highest BCUT2D eigenvalue weighted by Crippen LogP contribution is 2.38. The standard InChI is InChI=1S/C19H24F3N3O2/c1-5-9-26-15-8-6-7-14(10-15)25(4)17-16(19(20,21)22)11-23-18(24-17)27-12-13(2)3/h6-8,10-11,13H,5,9,12H2,1-4H3. The van der Waals surface area contributed by atoms with Gasteiger partial charge in [-0.25, -0.2) is 4.98 Å². The summed E-state index contributed by atoms with van der Waals surface area (Å²) in [5, 5.41) is 0. The van der Waals surface area contributed by atoms with Crippen LogP contribution < -0.4 is 14.4 Å². The Morgan fingerprint density at radius 3 is 2.56 bits per heavy atom. The van der Waals surface area contributed by atoms with E-state index in [2.05, 4.69) is 9.97 Å². The minimum Gasteiger partial charge on any atom is -0.494 e. The van der Waals surface area contributed by atoms with E-state index in [0.29, 0.717) is 24.7 Å². The van der Waals surface area contributed by atoms with Crippen molar-refractivity contribution in [3.63, 3.8) is 0 Å². The van der Waals surface area contributed by atoms with Crippen LogP contribution in [0.15, 0.2) is 30.5 Å². The SMILES string of the molecule is CCCOc1cccc(N(C)c2nc(OCC(C)C)ncc2C(F)(F)F)c1. The van der Waals surface area contributed by atoms with E-state index in [1.807, 2.05) is 20.8 Å². The fraction of sp³-hybridized carbons (Fsp3) is 0.474. The Kier molecular flexibility index (Phi) is 6.87. The molecule has 0 aliphatic rings. The second kappa shape index (κ2) is 8.92. The maximum atomic E-state index is 13.4. The molecule has 0 amide bonds. The minimum absolute atomic E-state index is 0.0862. The molecule has 0 aliphatic heterocycles. The molecule has 0 atom stereocenters. The fourth-order valence-electron chi connectivity index (χ4n) is 2.25. The predicted molar refractivity (Wildman–Crippen MR) is 97.7 cm³/mol. The number of nitrogens with zero attached hydrogens (tertiary/aromatic N) is 3.